The summed E-state index contributed by atoms with van der Waals surface area (Å²) in [5.74, 6) is 2.21. The third kappa shape index (κ3) is 7.62. The molecule has 1 aromatic heterocycles. The quantitative estimate of drug-likeness (QED) is 0.316. The molecule has 0 aliphatic carbocycles. The fourth-order valence-electron chi connectivity index (χ4n) is 3.37. The van der Waals surface area contributed by atoms with E-state index in [-0.39, 0.29) is 35.4 Å². The molecule has 1 unspecified atom stereocenters. The lowest BCUT2D eigenvalue weighted by molar-refractivity contribution is 0.0170. The first kappa shape index (κ1) is 25.9. The van der Waals surface area contributed by atoms with E-state index in [4.69, 9.17) is 20.8 Å². The Balaban J connectivity index is 0.00000341. The zero-order chi connectivity index (χ0) is 21.6. The lowest BCUT2D eigenvalue weighted by Gasteiger charge is -2.35. The minimum absolute atomic E-state index is 0. The third-order valence-corrected chi connectivity index (χ3v) is 5.34. The number of guanidine groups is 1. The van der Waals surface area contributed by atoms with Crippen LogP contribution in [0.25, 0.3) is 0 Å². The minimum atomic E-state index is -0.0620. The molecule has 0 spiro atoms. The maximum Gasteiger partial charge on any atom is 0.213 e. The number of rotatable bonds is 6. The van der Waals surface area contributed by atoms with Gasteiger partial charge in [-0.3, -0.25) is 9.89 Å². The van der Waals surface area contributed by atoms with Crippen molar-refractivity contribution in [3.05, 3.63) is 52.7 Å². The predicted molar refractivity (Wildman–Crippen MR) is 135 cm³/mol. The van der Waals surface area contributed by atoms with Crippen molar-refractivity contribution in [3.63, 3.8) is 0 Å². The number of nitrogens with zero attached hydrogens (tertiary/aromatic N) is 3. The Morgan fingerprint density at radius 1 is 1.26 bits per heavy atom. The largest absolute Gasteiger partial charge is 0.443 e. The summed E-state index contributed by atoms with van der Waals surface area (Å²) >= 11 is 6.25. The van der Waals surface area contributed by atoms with Gasteiger partial charge in [0.2, 0.25) is 5.89 Å². The molecule has 0 amide bonds. The average molecular weight is 562 g/mol. The monoisotopic (exact) mass is 561 g/mol. The van der Waals surface area contributed by atoms with E-state index < -0.39 is 0 Å². The molecule has 172 valence electrons. The maximum atomic E-state index is 6.25. The SMILES string of the molecule is CN=C(NCc1ncc(C(C)(C)C)o1)NCC(c1cccc(Cl)c1)N1CCOCC1.I. The van der Waals surface area contributed by atoms with Crippen LogP contribution in [0, 0.1) is 0 Å². The molecule has 7 nitrogen and oxygen atoms in total. The number of ether oxygens (including phenoxy) is 1. The minimum Gasteiger partial charge on any atom is -0.443 e. The molecule has 0 radical (unpaired) electrons. The molecule has 31 heavy (non-hydrogen) atoms. The summed E-state index contributed by atoms with van der Waals surface area (Å²) in [6, 6.07) is 8.20. The summed E-state index contributed by atoms with van der Waals surface area (Å²) in [7, 11) is 1.76. The second-order valence-corrected chi connectivity index (χ2v) is 8.83. The molecule has 3 rings (SSSR count). The molecule has 1 aromatic carbocycles. The van der Waals surface area contributed by atoms with Crippen molar-refractivity contribution in [2.75, 3.05) is 39.9 Å². The highest BCUT2D eigenvalue weighted by atomic mass is 127. The van der Waals surface area contributed by atoms with Gasteiger partial charge in [0.1, 0.15) is 5.76 Å². The van der Waals surface area contributed by atoms with E-state index >= 15 is 0 Å². The van der Waals surface area contributed by atoms with Crippen LogP contribution < -0.4 is 10.6 Å². The molecule has 9 heteroatoms. The van der Waals surface area contributed by atoms with Crippen molar-refractivity contribution in [2.45, 2.75) is 38.8 Å². The summed E-state index contributed by atoms with van der Waals surface area (Å²) in [6.07, 6.45) is 1.79. The first-order valence-electron chi connectivity index (χ1n) is 10.3. The van der Waals surface area contributed by atoms with E-state index in [0.717, 1.165) is 37.1 Å². The smallest absolute Gasteiger partial charge is 0.213 e. The Morgan fingerprint density at radius 2 is 2.00 bits per heavy atom. The van der Waals surface area contributed by atoms with Crippen LogP contribution in [-0.4, -0.2) is 55.7 Å². The van der Waals surface area contributed by atoms with Crippen molar-refractivity contribution in [3.8, 4) is 0 Å². The van der Waals surface area contributed by atoms with Crippen LogP contribution in [0.1, 0.15) is 44.0 Å². The van der Waals surface area contributed by atoms with Crippen LogP contribution in [0.2, 0.25) is 5.02 Å². The summed E-state index contributed by atoms with van der Waals surface area (Å²) < 4.78 is 11.4. The Hall–Kier alpha value is -1.36. The molecular weight excluding hydrogens is 529 g/mol. The van der Waals surface area contributed by atoms with E-state index in [2.05, 4.69) is 52.3 Å². The number of halogens is 2. The standard InChI is InChI=1S/C22H32ClN5O2.HI/c1-22(2,3)19-14-25-20(30-19)15-27-21(24-4)26-13-18(28-8-10-29-11-9-28)16-6-5-7-17(23)12-16;/h5-7,12,14,18H,8-11,13,15H2,1-4H3,(H2,24,26,27);1H. The number of nitrogens with one attached hydrogen (secondary N) is 2. The third-order valence-electron chi connectivity index (χ3n) is 5.11. The van der Waals surface area contributed by atoms with Crippen molar-refractivity contribution >= 4 is 41.5 Å². The van der Waals surface area contributed by atoms with Gasteiger partial charge in [0, 0.05) is 37.1 Å². The Labute approximate surface area is 207 Å². The molecule has 1 aliphatic heterocycles. The van der Waals surface area contributed by atoms with Crippen molar-refractivity contribution in [1.82, 2.24) is 20.5 Å². The highest BCUT2D eigenvalue weighted by Gasteiger charge is 2.23. The van der Waals surface area contributed by atoms with Gasteiger partial charge in [-0.25, -0.2) is 4.98 Å². The number of aliphatic imine (C=N–C) groups is 1. The number of aromatic nitrogens is 1. The summed E-state index contributed by atoms with van der Waals surface area (Å²) in [6.45, 7) is 10.7. The highest BCUT2D eigenvalue weighted by molar-refractivity contribution is 14.0. The molecule has 2 N–H and O–H groups in total. The molecule has 1 saturated heterocycles. The number of hydrogen-bond donors (Lipinski definition) is 2. The van der Waals surface area contributed by atoms with Gasteiger partial charge in [-0.1, -0.05) is 44.5 Å². The summed E-state index contributed by atoms with van der Waals surface area (Å²) in [4.78, 5) is 11.1. The average Bonchev–Trinajstić information content (AvgIpc) is 3.21. The molecule has 1 atom stereocenters. The molecule has 0 saturated carbocycles. The number of hydrogen-bond acceptors (Lipinski definition) is 5. The predicted octanol–water partition coefficient (Wildman–Crippen LogP) is 3.98. The Bertz CT molecular complexity index is 846. The fraction of sp³-hybridized carbons (Fsp3) is 0.545. The van der Waals surface area contributed by atoms with E-state index in [1.165, 1.54) is 5.56 Å². The number of oxazole rings is 1. The molecule has 2 aromatic rings. The van der Waals surface area contributed by atoms with Gasteiger partial charge in [0.15, 0.2) is 5.96 Å². The van der Waals surface area contributed by atoms with Gasteiger partial charge in [0.25, 0.3) is 0 Å². The number of benzene rings is 1. The van der Waals surface area contributed by atoms with E-state index in [1.54, 1.807) is 13.2 Å². The maximum absolute atomic E-state index is 6.25. The van der Waals surface area contributed by atoms with E-state index in [1.807, 2.05) is 18.2 Å². The zero-order valence-electron chi connectivity index (χ0n) is 18.7. The Kier molecular flexibility index (Phi) is 10.1. The number of morpholine rings is 1. The summed E-state index contributed by atoms with van der Waals surface area (Å²) in [5, 5.41) is 7.46. The van der Waals surface area contributed by atoms with Crippen LogP contribution in [0.5, 0.6) is 0 Å². The first-order chi connectivity index (χ1) is 14.4. The zero-order valence-corrected chi connectivity index (χ0v) is 21.7. The van der Waals surface area contributed by atoms with Crippen molar-refractivity contribution in [1.29, 1.82) is 0 Å². The van der Waals surface area contributed by atoms with Crippen molar-refractivity contribution < 1.29 is 9.15 Å². The Morgan fingerprint density at radius 3 is 2.61 bits per heavy atom. The van der Waals surface area contributed by atoms with Crippen LogP contribution in [0.4, 0.5) is 0 Å². The lowest BCUT2D eigenvalue weighted by atomic mass is 9.94. The fourth-order valence-corrected chi connectivity index (χ4v) is 3.57. The van der Waals surface area contributed by atoms with Gasteiger partial charge < -0.3 is 19.8 Å². The van der Waals surface area contributed by atoms with E-state index in [9.17, 15) is 0 Å². The van der Waals surface area contributed by atoms with Crippen LogP contribution in [0.3, 0.4) is 0 Å². The van der Waals surface area contributed by atoms with Crippen LogP contribution >= 0.6 is 35.6 Å². The lowest BCUT2D eigenvalue weighted by Crippen LogP contribution is -2.46. The molecular formula is C22H33ClIN5O2. The highest BCUT2D eigenvalue weighted by Crippen LogP contribution is 2.24. The van der Waals surface area contributed by atoms with Gasteiger partial charge in [-0.05, 0) is 17.7 Å². The normalized spacial score (nSPS) is 16.5. The van der Waals surface area contributed by atoms with Gasteiger partial charge >= 0.3 is 0 Å². The van der Waals surface area contributed by atoms with Crippen LogP contribution in [0.15, 0.2) is 39.9 Å². The molecule has 2 heterocycles. The second-order valence-electron chi connectivity index (χ2n) is 8.39. The topological polar surface area (TPSA) is 74.9 Å². The van der Waals surface area contributed by atoms with Gasteiger partial charge in [-0.2, -0.15) is 0 Å². The van der Waals surface area contributed by atoms with Crippen LogP contribution in [-0.2, 0) is 16.7 Å². The van der Waals surface area contributed by atoms with E-state index in [0.29, 0.717) is 24.9 Å². The van der Waals surface area contributed by atoms with Gasteiger partial charge in [-0.15, -0.1) is 24.0 Å². The van der Waals surface area contributed by atoms with Crippen molar-refractivity contribution in [2.24, 2.45) is 4.99 Å². The summed E-state index contributed by atoms with van der Waals surface area (Å²) in [5.41, 5.74) is 1.11. The molecule has 1 aliphatic rings. The first-order valence-corrected chi connectivity index (χ1v) is 10.7. The molecule has 1 fully saturated rings. The van der Waals surface area contributed by atoms with Gasteiger partial charge in [0.05, 0.1) is 32.0 Å². The molecule has 0 bridgehead atoms. The second kappa shape index (κ2) is 12.0.